The van der Waals surface area contributed by atoms with E-state index in [0.717, 1.165) is 0 Å². The van der Waals surface area contributed by atoms with Crippen LogP contribution in [0.3, 0.4) is 0 Å². The van der Waals surface area contributed by atoms with Crippen molar-refractivity contribution in [2.75, 3.05) is 26.4 Å². The van der Waals surface area contributed by atoms with Gasteiger partial charge in [0.1, 0.15) is 18.3 Å². The lowest BCUT2D eigenvalue weighted by Gasteiger charge is -2.42. The maximum atomic E-state index is 10.1. The van der Waals surface area contributed by atoms with Crippen molar-refractivity contribution in [2.45, 2.75) is 55.0 Å². The van der Waals surface area contributed by atoms with Gasteiger partial charge in [0.05, 0.1) is 56.8 Å². The van der Waals surface area contributed by atoms with E-state index in [1.54, 1.807) is 0 Å². The van der Waals surface area contributed by atoms with Crippen molar-refractivity contribution in [1.82, 2.24) is 0 Å². The van der Waals surface area contributed by atoms with Gasteiger partial charge in [-0.05, 0) is 0 Å². The summed E-state index contributed by atoms with van der Waals surface area (Å²) in [5.74, 6) is -0.688. The van der Waals surface area contributed by atoms with Crippen LogP contribution in [0, 0.1) is 5.92 Å². The average molecular weight is 368 g/mol. The molecule has 0 saturated carbocycles. The highest BCUT2D eigenvalue weighted by Crippen LogP contribution is 2.25. The molecule has 0 aromatic rings. The largest absolute Gasteiger partial charge is 0.394 e. The Morgan fingerprint density at radius 2 is 1.36 bits per heavy atom. The summed E-state index contributed by atoms with van der Waals surface area (Å²) in [6.07, 6.45) is -7.76. The first-order valence-electron chi connectivity index (χ1n) is 8.15. The third-order valence-electron chi connectivity index (χ3n) is 4.81. The maximum Gasteiger partial charge on any atom is 0.172 e. The summed E-state index contributed by atoms with van der Waals surface area (Å²) in [6, 6.07) is -1.97. The van der Waals surface area contributed by atoms with E-state index < -0.39 is 74.1 Å². The molecule has 0 bridgehead atoms. The second kappa shape index (κ2) is 8.97. The zero-order chi connectivity index (χ0) is 18.7. The van der Waals surface area contributed by atoms with E-state index in [0.29, 0.717) is 0 Å². The predicted octanol–water partition coefficient (Wildman–Crippen LogP) is -5.17. The quantitative estimate of drug-likeness (QED) is 0.223. The molecule has 2 heterocycles. The molecule has 2 saturated heterocycles. The topological polar surface area (TPSA) is 201 Å². The van der Waals surface area contributed by atoms with Gasteiger partial charge in [-0.15, -0.1) is 0 Å². The summed E-state index contributed by atoms with van der Waals surface area (Å²) in [6.45, 7) is -1.08. The average Bonchev–Trinajstić information content (AvgIpc) is 2.61. The first kappa shape index (κ1) is 20.9. The Hall–Kier alpha value is -0.440. The van der Waals surface area contributed by atoms with Crippen molar-refractivity contribution in [3.63, 3.8) is 0 Å². The van der Waals surface area contributed by atoms with Gasteiger partial charge in [0.15, 0.2) is 6.29 Å². The molecule has 10 atom stereocenters. The van der Waals surface area contributed by atoms with Crippen molar-refractivity contribution in [1.29, 1.82) is 0 Å². The van der Waals surface area contributed by atoms with Crippen molar-refractivity contribution in [2.24, 2.45) is 17.4 Å². The lowest BCUT2D eigenvalue weighted by Crippen LogP contribution is -2.63. The Kier molecular flexibility index (Phi) is 7.49. The van der Waals surface area contributed by atoms with Gasteiger partial charge in [0.2, 0.25) is 0 Å². The van der Waals surface area contributed by atoms with Crippen LogP contribution in [0.1, 0.15) is 0 Å². The monoisotopic (exact) mass is 368 g/mol. The van der Waals surface area contributed by atoms with Gasteiger partial charge < -0.3 is 56.3 Å². The minimum atomic E-state index is -1.39. The molecule has 11 nitrogen and oxygen atoms in total. The summed E-state index contributed by atoms with van der Waals surface area (Å²) < 4.78 is 16.0. The molecule has 11 heteroatoms. The van der Waals surface area contributed by atoms with Gasteiger partial charge in [0, 0.05) is 5.92 Å². The van der Waals surface area contributed by atoms with Gasteiger partial charge >= 0.3 is 0 Å². The Morgan fingerprint density at radius 3 is 1.96 bits per heavy atom. The lowest BCUT2D eigenvalue weighted by molar-refractivity contribution is -0.243. The Morgan fingerprint density at radius 1 is 0.720 bits per heavy atom. The summed E-state index contributed by atoms with van der Waals surface area (Å²) in [5, 5.41) is 57.8. The molecule has 2 fully saturated rings. The van der Waals surface area contributed by atoms with Crippen LogP contribution >= 0.6 is 0 Å². The van der Waals surface area contributed by atoms with E-state index in [9.17, 15) is 30.6 Å². The molecule has 0 aromatic heterocycles. The molecular formula is C14H28N2O9. The Labute approximate surface area is 144 Å². The Bertz CT molecular complexity index is 414. The fraction of sp³-hybridized carbons (Fsp3) is 1.00. The number of hydrogen-bond acceptors (Lipinski definition) is 11. The SMILES string of the molecule is NC1C(COCC2C(CO)OC(O)C(N)C2O)OC(CO)C(O)C1O. The molecule has 0 amide bonds. The van der Waals surface area contributed by atoms with Crippen molar-refractivity contribution < 1.29 is 44.8 Å². The summed E-state index contributed by atoms with van der Waals surface area (Å²) in [7, 11) is 0. The second-order valence-electron chi connectivity index (χ2n) is 6.47. The molecule has 0 aliphatic carbocycles. The van der Waals surface area contributed by atoms with Gasteiger partial charge in [-0.2, -0.15) is 0 Å². The smallest absolute Gasteiger partial charge is 0.172 e. The summed E-state index contributed by atoms with van der Waals surface area (Å²) in [5.41, 5.74) is 11.4. The number of rotatable bonds is 6. The van der Waals surface area contributed by atoms with E-state index in [1.165, 1.54) is 0 Å². The van der Waals surface area contributed by atoms with E-state index >= 15 is 0 Å². The van der Waals surface area contributed by atoms with Crippen LogP contribution in [0.4, 0.5) is 0 Å². The summed E-state index contributed by atoms with van der Waals surface area (Å²) in [4.78, 5) is 0. The van der Waals surface area contributed by atoms with E-state index in [1.807, 2.05) is 0 Å². The number of ether oxygens (including phenoxy) is 3. The molecule has 25 heavy (non-hydrogen) atoms. The third kappa shape index (κ3) is 4.46. The van der Waals surface area contributed by atoms with Crippen LogP contribution in [0.15, 0.2) is 0 Å². The van der Waals surface area contributed by atoms with E-state index in [-0.39, 0.29) is 13.2 Å². The molecule has 0 aromatic carbocycles. The van der Waals surface area contributed by atoms with Gasteiger partial charge in [-0.25, -0.2) is 0 Å². The Balaban J connectivity index is 1.90. The van der Waals surface area contributed by atoms with Crippen LogP contribution in [-0.4, -0.2) is 112 Å². The number of aliphatic hydroxyl groups is 6. The van der Waals surface area contributed by atoms with Crippen LogP contribution in [0.2, 0.25) is 0 Å². The van der Waals surface area contributed by atoms with Gasteiger partial charge in [-0.1, -0.05) is 0 Å². The van der Waals surface area contributed by atoms with Crippen LogP contribution in [-0.2, 0) is 14.2 Å². The van der Waals surface area contributed by atoms with Crippen molar-refractivity contribution in [3.05, 3.63) is 0 Å². The number of aliphatic hydroxyl groups excluding tert-OH is 6. The maximum absolute atomic E-state index is 10.1. The van der Waals surface area contributed by atoms with Crippen molar-refractivity contribution in [3.8, 4) is 0 Å². The molecule has 148 valence electrons. The molecule has 0 radical (unpaired) electrons. The molecule has 0 spiro atoms. The first-order chi connectivity index (χ1) is 11.8. The second-order valence-corrected chi connectivity index (χ2v) is 6.47. The normalized spacial score (nSPS) is 48.5. The first-order valence-corrected chi connectivity index (χ1v) is 8.15. The van der Waals surface area contributed by atoms with E-state index in [2.05, 4.69) is 0 Å². The molecule has 2 aliphatic rings. The molecule has 2 rings (SSSR count). The highest BCUT2D eigenvalue weighted by molar-refractivity contribution is 4.95. The van der Waals surface area contributed by atoms with Gasteiger partial charge in [-0.3, -0.25) is 0 Å². The third-order valence-corrected chi connectivity index (χ3v) is 4.81. The molecule has 10 unspecified atom stereocenters. The highest BCUT2D eigenvalue weighted by atomic mass is 16.6. The summed E-state index contributed by atoms with van der Waals surface area (Å²) >= 11 is 0. The zero-order valence-electron chi connectivity index (χ0n) is 13.7. The molecule has 10 N–H and O–H groups in total. The van der Waals surface area contributed by atoms with Crippen LogP contribution < -0.4 is 11.5 Å². The fourth-order valence-corrected chi connectivity index (χ4v) is 3.11. The standard InChI is InChI=1S/C14H28N2O9/c15-9-8(24-7(2-18)12(20)13(9)21)4-23-3-5-6(1-17)25-14(22)10(16)11(5)19/h5-14,17-22H,1-4,15-16H2. The molecule has 2 aliphatic heterocycles. The number of hydrogen-bond donors (Lipinski definition) is 8. The van der Waals surface area contributed by atoms with Crippen LogP contribution in [0.5, 0.6) is 0 Å². The van der Waals surface area contributed by atoms with Gasteiger partial charge in [0.25, 0.3) is 0 Å². The minimum Gasteiger partial charge on any atom is -0.394 e. The zero-order valence-corrected chi connectivity index (χ0v) is 13.7. The highest BCUT2D eigenvalue weighted by Gasteiger charge is 2.44. The minimum absolute atomic E-state index is 0.0676. The predicted molar refractivity (Wildman–Crippen MR) is 82.0 cm³/mol. The molecular weight excluding hydrogens is 340 g/mol. The van der Waals surface area contributed by atoms with Crippen LogP contribution in [0.25, 0.3) is 0 Å². The number of nitrogens with two attached hydrogens (primary N) is 2. The lowest BCUT2D eigenvalue weighted by atomic mass is 9.89. The van der Waals surface area contributed by atoms with Crippen molar-refractivity contribution >= 4 is 0 Å². The fourth-order valence-electron chi connectivity index (χ4n) is 3.11. The van der Waals surface area contributed by atoms with E-state index in [4.69, 9.17) is 25.7 Å².